The number of hydrogen-bond donors (Lipinski definition) is 0. The second-order valence-electron chi connectivity index (χ2n) is 10.9. The standard InChI is InChI=1S/C29H35N5O4S2/c1-29(2,3)37-28(36)32-15-13-22(14-16-32)20-33(23-9-11-24(12-10-23)34-39-17-18-40-34)27(35)26-30-25(38-31-26)19-21-7-5-4-6-8-21/h4-12,22H,13-20H2,1-3H3. The number of anilines is 2. The van der Waals surface area contributed by atoms with Gasteiger partial charge in [0.25, 0.3) is 11.7 Å². The van der Waals surface area contributed by atoms with Gasteiger partial charge in [-0.1, -0.05) is 35.5 Å². The molecule has 40 heavy (non-hydrogen) atoms. The van der Waals surface area contributed by atoms with Crippen LogP contribution in [0, 0.1) is 5.92 Å². The van der Waals surface area contributed by atoms with E-state index in [4.69, 9.17) is 9.26 Å². The van der Waals surface area contributed by atoms with Crippen LogP contribution >= 0.6 is 23.9 Å². The SMILES string of the molecule is CC(C)(C)OC(=O)N1CCC(CN(C(=O)c2noc(Cc3ccccc3)n2)c2ccc(N3SCCS3)cc2)CC1. The lowest BCUT2D eigenvalue weighted by molar-refractivity contribution is 0.0185. The minimum Gasteiger partial charge on any atom is -0.444 e. The molecule has 3 heterocycles. The van der Waals surface area contributed by atoms with Gasteiger partial charge in [0.15, 0.2) is 0 Å². The van der Waals surface area contributed by atoms with Crippen molar-refractivity contribution in [2.75, 3.05) is 39.8 Å². The number of ether oxygens (including phenoxy) is 1. The Labute approximate surface area is 243 Å². The second kappa shape index (κ2) is 12.6. The summed E-state index contributed by atoms with van der Waals surface area (Å²) in [5.74, 6) is 2.54. The van der Waals surface area contributed by atoms with Crippen LogP contribution in [0.1, 0.15) is 55.7 Å². The Bertz CT molecular complexity index is 1280. The maximum absolute atomic E-state index is 13.8. The summed E-state index contributed by atoms with van der Waals surface area (Å²) < 4.78 is 13.2. The van der Waals surface area contributed by atoms with Gasteiger partial charge in [-0.2, -0.15) is 4.98 Å². The average molecular weight is 582 g/mol. The Morgan fingerprint density at radius 3 is 2.35 bits per heavy atom. The molecule has 3 aromatic rings. The lowest BCUT2D eigenvalue weighted by atomic mass is 9.96. The molecular weight excluding hydrogens is 546 g/mol. The fourth-order valence-electron chi connectivity index (χ4n) is 4.67. The molecule has 2 aromatic carbocycles. The topological polar surface area (TPSA) is 92.0 Å². The van der Waals surface area contributed by atoms with E-state index >= 15 is 0 Å². The lowest BCUT2D eigenvalue weighted by Gasteiger charge is -2.35. The van der Waals surface area contributed by atoms with Gasteiger partial charge in [-0.3, -0.25) is 8.51 Å². The van der Waals surface area contributed by atoms with Gasteiger partial charge in [0.2, 0.25) is 5.89 Å². The number of nitrogens with zero attached hydrogens (tertiary/aromatic N) is 5. The number of amides is 2. The van der Waals surface area contributed by atoms with Crippen LogP contribution in [-0.2, 0) is 11.2 Å². The first-order chi connectivity index (χ1) is 19.2. The Morgan fingerprint density at radius 1 is 1.02 bits per heavy atom. The van der Waals surface area contributed by atoms with E-state index in [1.54, 1.807) is 33.7 Å². The maximum Gasteiger partial charge on any atom is 0.410 e. The minimum absolute atomic E-state index is 0.0480. The van der Waals surface area contributed by atoms with E-state index in [-0.39, 0.29) is 23.7 Å². The summed E-state index contributed by atoms with van der Waals surface area (Å²) in [6, 6.07) is 17.9. The molecule has 0 N–H and O–H groups in total. The van der Waals surface area contributed by atoms with Crippen LogP contribution < -0.4 is 8.61 Å². The van der Waals surface area contributed by atoms with Gasteiger partial charge in [-0.05, 0) is 93.3 Å². The number of carbonyl (C=O) groups is 2. The maximum atomic E-state index is 13.8. The smallest absolute Gasteiger partial charge is 0.410 e. The normalized spacial score (nSPS) is 16.3. The van der Waals surface area contributed by atoms with Crippen molar-refractivity contribution in [3.05, 3.63) is 71.9 Å². The zero-order chi connectivity index (χ0) is 28.1. The average Bonchev–Trinajstić information content (AvgIpc) is 3.65. The van der Waals surface area contributed by atoms with Gasteiger partial charge >= 0.3 is 6.09 Å². The third kappa shape index (κ3) is 7.31. The number of rotatable bonds is 7. The third-order valence-electron chi connectivity index (χ3n) is 6.68. The summed E-state index contributed by atoms with van der Waals surface area (Å²) in [5.41, 5.74) is 2.39. The molecule has 0 unspecified atom stereocenters. The monoisotopic (exact) mass is 581 g/mol. The molecule has 0 radical (unpaired) electrons. The zero-order valence-corrected chi connectivity index (χ0v) is 24.7. The summed E-state index contributed by atoms with van der Waals surface area (Å²) in [7, 11) is 0. The van der Waals surface area contributed by atoms with Crippen LogP contribution in [0.5, 0.6) is 0 Å². The van der Waals surface area contributed by atoms with Crippen molar-refractivity contribution in [1.29, 1.82) is 0 Å². The van der Waals surface area contributed by atoms with E-state index in [0.717, 1.165) is 41.3 Å². The fourth-order valence-corrected chi connectivity index (χ4v) is 6.89. The number of hydrogen-bond acceptors (Lipinski definition) is 9. The molecule has 2 aliphatic heterocycles. The molecule has 212 valence electrons. The number of carbonyl (C=O) groups excluding carboxylic acids is 2. The lowest BCUT2D eigenvalue weighted by Crippen LogP contribution is -2.44. The molecule has 1 aromatic heterocycles. The van der Waals surface area contributed by atoms with Crippen LogP contribution in [-0.4, -0.2) is 63.8 Å². The molecule has 0 saturated carbocycles. The number of aromatic nitrogens is 2. The van der Waals surface area contributed by atoms with Gasteiger partial charge in [-0.25, -0.2) is 4.79 Å². The van der Waals surface area contributed by atoms with Gasteiger partial charge < -0.3 is 19.1 Å². The van der Waals surface area contributed by atoms with Crippen molar-refractivity contribution in [2.24, 2.45) is 5.92 Å². The van der Waals surface area contributed by atoms with Crippen molar-refractivity contribution in [1.82, 2.24) is 15.0 Å². The Kier molecular flexibility index (Phi) is 8.90. The van der Waals surface area contributed by atoms with Gasteiger partial charge in [0, 0.05) is 36.8 Å². The van der Waals surface area contributed by atoms with Crippen LogP contribution in [0.25, 0.3) is 0 Å². The predicted octanol–water partition coefficient (Wildman–Crippen LogP) is 6.07. The Morgan fingerprint density at radius 2 is 1.70 bits per heavy atom. The van der Waals surface area contributed by atoms with Gasteiger partial charge in [0.1, 0.15) is 5.60 Å². The first kappa shape index (κ1) is 28.4. The van der Waals surface area contributed by atoms with E-state index in [2.05, 4.69) is 13.9 Å². The first-order valence-corrected chi connectivity index (χ1v) is 15.5. The molecule has 11 heteroatoms. The summed E-state index contributed by atoms with van der Waals surface area (Å²) in [5, 5.41) is 4.04. The predicted molar refractivity (Wildman–Crippen MR) is 160 cm³/mol. The Balaban J connectivity index is 1.30. The molecule has 0 aliphatic carbocycles. The van der Waals surface area contributed by atoms with Crippen LogP contribution in [0.2, 0.25) is 0 Å². The highest BCUT2D eigenvalue weighted by molar-refractivity contribution is 8.21. The first-order valence-electron chi connectivity index (χ1n) is 13.6. The minimum atomic E-state index is -0.528. The quantitative estimate of drug-likeness (QED) is 0.308. The van der Waals surface area contributed by atoms with Gasteiger partial charge in [0.05, 0.1) is 12.1 Å². The van der Waals surface area contributed by atoms with E-state index in [9.17, 15) is 9.59 Å². The van der Waals surface area contributed by atoms with Crippen molar-refractivity contribution in [2.45, 2.75) is 45.6 Å². The molecule has 2 amide bonds. The molecule has 2 fully saturated rings. The molecule has 2 saturated heterocycles. The second-order valence-corrected chi connectivity index (χ2v) is 13.2. The van der Waals surface area contributed by atoms with Crippen molar-refractivity contribution in [3.63, 3.8) is 0 Å². The highest BCUT2D eigenvalue weighted by Crippen LogP contribution is 2.37. The third-order valence-corrected chi connectivity index (χ3v) is 9.24. The summed E-state index contributed by atoms with van der Waals surface area (Å²) in [6.45, 7) is 7.29. The van der Waals surface area contributed by atoms with E-state index in [1.165, 1.54) is 0 Å². The molecule has 5 rings (SSSR count). The van der Waals surface area contributed by atoms with Gasteiger partial charge in [-0.15, -0.1) is 0 Å². The summed E-state index contributed by atoms with van der Waals surface area (Å²) in [6.07, 6.45) is 1.72. The fraction of sp³-hybridized carbons (Fsp3) is 0.448. The molecule has 2 aliphatic rings. The van der Waals surface area contributed by atoms with E-state index in [0.29, 0.717) is 31.9 Å². The number of piperidine rings is 1. The van der Waals surface area contributed by atoms with E-state index in [1.807, 2.05) is 75.4 Å². The van der Waals surface area contributed by atoms with Crippen molar-refractivity contribution in [3.8, 4) is 0 Å². The Hall–Kier alpha value is -3.18. The molecule has 9 nitrogen and oxygen atoms in total. The van der Waals surface area contributed by atoms with Crippen molar-refractivity contribution >= 4 is 47.3 Å². The highest BCUT2D eigenvalue weighted by Gasteiger charge is 2.31. The number of benzene rings is 2. The highest BCUT2D eigenvalue weighted by atomic mass is 32.2. The molecule has 0 spiro atoms. The van der Waals surface area contributed by atoms with Crippen LogP contribution in [0.3, 0.4) is 0 Å². The van der Waals surface area contributed by atoms with Crippen molar-refractivity contribution < 1.29 is 18.8 Å². The van der Waals surface area contributed by atoms with Crippen LogP contribution in [0.4, 0.5) is 16.2 Å². The molecule has 0 atom stereocenters. The summed E-state index contributed by atoms with van der Waals surface area (Å²) >= 11 is 3.58. The largest absolute Gasteiger partial charge is 0.444 e. The molecular formula is C29H35N5O4S2. The number of likely N-dealkylation sites (tertiary alicyclic amines) is 1. The summed E-state index contributed by atoms with van der Waals surface area (Å²) in [4.78, 5) is 34.3. The van der Waals surface area contributed by atoms with E-state index < -0.39 is 5.60 Å². The zero-order valence-electron chi connectivity index (χ0n) is 23.1. The van der Waals surface area contributed by atoms with Crippen LogP contribution in [0.15, 0.2) is 59.1 Å². The molecule has 0 bridgehead atoms.